The van der Waals surface area contributed by atoms with Crippen LogP contribution in [-0.2, 0) is 6.61 Å². The molecule has 0 atom stereocenters. The molecule has 0 spiro atoms. The highest BCUT2D eigenvalue weighted by molar-refractivity contribution is 6.32. The van der Waals surface area contributed by atoms with Crippen LogP contribution in [0, 0.1) is 5.82 Å². The second-order valence-corrected chi connectivity index (χ2v) is 2.23. The number of hydrogen-bond acceptors (Lipinski definition) is 2. The normalized spacial score (nSPS) is 10.0. The number of rotatable bonds is 1. The molecule has 2 radical (unpaired) electrons. The molecule has 2 nitrogen and oxygen atoms in total. The number of benzene rings is 1. The van der Waals surface area contributed by atoms with E-state index in [2.05, 4.69) is 0 Å². The molecule has 0 saturated carbocycles. The molecule has 0 aliphatic rings. The maximum absolute atomic E-state index is 12.7. The average Bonchev–Trinajstić information content (AvgIpc) is 1.96. The van der Waals surface area contributed by atoms with Crippen molar-refractivity contribution in [2.45, 2.75) is 6.61 Å². The number of halogens is 1. The van der Waals surface area contributed by atoms with Gasteiger partial charge in [-0.2, -0.15) is 0 Å². The first-order chi connectivity index (χ1) is 5.15. The smallest absolute Gasteiger partial charge is 0.145 e. The molecule has 0 aliphatic carbocycles. The van der Waals surface area contributed by atoms with Crippen molar-refractivity contribution in [3.63, 3.8) is 0 Å². The largest absolute Gasteiger partial charge is 0.396 e. The molecule has 1 rings (SSSR count). The van der Waals surface area contributed by atoms with Gasteiger partial charge < -0.3 is 10.8 Å². The molecule has 0 bridgehead atoms. The van der Waals surface area contributed by atoms with Crippen LogP contribution < -0.4 is 11.2 Å². The van der Waals surface area contributed by atoms with Gasteiger partial charge in [0.2, 0.25) is 0 Å². The lowest BCUT2D eigenvalue weighted by Gasteiger charge is -2.04. The summed E-state index contributed by atoms with van der Waals surface area (Å²) in [4.78, 5) is 0. The minimum Gasteiger partial charge on any atom is -0.396 e. The van der Waals surface area contributed by atoms with Crippen LogP contribution in [0.2, 0.25) is 0 Å². The van der Waals surface area contributed by atoms with Gasteiger partial charge in [-0.15, -0.1) is 0 Å². The van der Waals surface area contributed by atoms with E-state index in [0.29, 0.717) is 5.56 Å². The summed E-state index contributed by atoms with van der Waals surface area (Å²) in [5.41, 5.74) is 5.82. The van der Waals surface area contributed by atoms with Crippen LogP contribution in [0.25, 0.3) is 0 Å². The second-order valence-electron chi connectivity index (χ2n) is 2.23. The predicted octanol–water partition coefficient (Wildman–Crippen LogP) is -0.306. The van der Waals surface area contributed by atoms with Crippen LogP contribution >= 0.6 is 0 Å². The summed E-state index contributed by atoms with van der Waals surface area (Å²) in [6, 6.07) is 2.56. The third-order valence-electron chi connectivity index (χ3n) is 1.41. The van der Waals surface area contributed by atoms with Gasteiger partial charge in [-0.1, -0.05) is 11.5 Å². The zero-order valence-electron chi connectivity index (χ0n) is 5.84. The van der Waals surface area contributed by atoms with Crippen LogP contribution in [0.1, 0.15) is 5.56 Å². The molecule has 4 heteroatoms. The van der Waals surface area contributed by atoms with E-state index in [1.807, 2.05) is 0 Å². The quantitative estimate of drug-likeness (QED) is 0.427. The Kier molecular flexibility index (Phi) is 2.15. The first kappa shape index (κ1) is 8.08. The van der Waals surface area contributed by atoms with Crippen molar-refractivity contribution < 1.29 is 9.50 Å². The molecule has 0 fully saturated rings. The SMILES string of the molecule is [B]c1cc(F)c(N)c(CO)c1. The summed E-state index contributed by atoms with van der Waals surface area (Å²) < 4.78 is 12.7. The Morgan fingerprint density at radius 2 is 2.18 bits per heavy atom. The van der Waals surface area contributed by atoms with E-state index in [9.17, 15) is 4.39 Å². The average molecular weight is 151 g/mol. The highest BCUT2D eigenvalue weighted by Crippen LogP contribution is 2.13. The molecule has 0 heterocycles. The van der Waals surface area contributed by atoms with E-state index >= 15 is 0 Å². The summed E-state index contributed by atoms with van der Waals surface area (Å²) in [6.07, 6.45) is 0. The number of aliphatic hydroxyl groups is 1. The lowest BCUT2D eigenvalue weighted by Crippen LogP contribution is -2.09. The minimum absolute atomic E-state index is 0.0401. The minimum atomic E-state index is -0.589. The van der Waals surface area contributed by atoms with Gasteiger partial charge in [-0.05, 0) is 6.07 Å². The molecular weight excluding hydrogens is 144 g/mol. The van der Waals surface area contributed by atoms with Crippen molar-refractivity contribution in [1.29, 1.82) is 0 Å². The third-order valence-corrected chi connectivity index (χ3v) is 1.41. The van der Waals surface area contributed by atoms with Gasteiger partial charge in [0.15, 0.2) is 0 Å². The Labute approximate surface area is 65.2 Å². The monoisotopic (exact) mass is 151 g/mol. The molecule has 0 amide bonds. The number of nitrogens with two attached hydrogens (primary N) is 1. The molecule has 0 aliphatic heterocycles. The van der Waals surface area contributed by atoms with E-state index < -0.39 is 5.82 Å². The number of nitrogen functional groups attached to an aromatic ring is 1. The van der Waals surface area contributed by atoms with Gasteiger partial charge in [0.25, 0.3) is 0 Å². The maximum Gasteiger partial charge on any atom is 0.145 e. The number of aliphatic hydroxyl groups excluding tert-OH is 1. The molecule has 0 unspecified atom stereocenters. The summed E-state index contributed by atoms with van der Waals surface area (Å²) in [7, 11) is 5.30. The van der Waals surface area contributed by atoms with Gasteiger partial charge in [0.05, 0.1) is 12.3 Å². The Balaban J connectivity index is 3.24. The van der Waals surface area contributed by atoms with Gasteiger partial charge in [-0.25, -0.2) is 4.39 Å². The first-order valence-electron chi connectivity index (χ1n) is 3.09. The Hall–Kier alpha value is -1.03. The number of hydrogen-bond donors (Lipinski definition) is 2. The molecule has 1 aromatic rings. The molecular formula is C7H7BFNO. The highest BCUT2D eigenvalue weighted by Gasteiger charge is 2.03. The Bertz CT molecular complexity index is 277. The van der Waals surface area contributed by atoms with Crippen molar-refractivity contribution in [1.82, 2.24) is 0 Å². The first-order valence-corrected chi connectivity index (χ1v) is 3.09. The van der Waals surface area contributed by atoms with Crippen LogP contribution in [0.15, 0.2) is 12.1 Å². The molecule has 56 valence electrons. The van der Waals surface area contributed by atoms with Crippen LogP contribution in [0.4, 0.5) is 10.1 Å². The van der Waals surface area contributed by atoms with E-state index in [1.165, 1.54) is 6.07 Å². The van der Waals surface area contributed by atoms with Crippen LogP contribution in [0.3, 0.4) is 0 Å². The molecule has 0 aromatic heterocycles. The fraction of sp³-hybridized carbons (Fsp3) is 0.143. The second kappa shape index (κ2) is 2.92. The van der Waals surface area contributed by atoms with Gasteiger partial charge in [-0.3, -0.25) is 0 Å². The fourth-order valence-corrected chi connectivity index (χ4v) is 0.829. The standard InChI is InChI=1S/C7H7BFNO/c8-5-1-4(3-11)7(10)6(9)2-5/h1-2,11H,3,10H2. The van der Waals surface area contributed by atoms with Crippen molar-refractivity contribution in [3.05, 3.63) is 23.5 Å². The molecule has 0 saturated heterocycles. The zero-order valence-corrected chi connectivity index (χ0v) is 5.84. The fourth-order valence-electron chi connectivity index (χ4n) is 0.829. The molecule has 3 N–H and O–H groups in total. The van der Waals surface area contributed by atoms with Crippen molar-refractivity contribution >= 4 is 19.0 Å². The summed E-state index contributed by atoms with van der Waals surface area (Å²) in [6.45, 7) is -0.298. The molecule has 1 aromatic carbocycles. The van der Waals surface area contributed by atoms with E-state index in [1.54, 1.807) is 0 Å². The highest BCUT2D eigenvalue weighted by atomic mass is 19.1. The number of anilines is 1. The summed E-state index contributed by atoms with van der Waals surface area (Å²) in [5.74, 6) is -0.589. The maximum atomic E-state index is 12.7. The van der Waals surface area contributed by atoms with Gasteiger partial charge in [0.1, 0.15) is 13.7 Å². The Morgan fingerprint density at radius 1 is 1.55 bits per heavy atom. The van der Waals surface area contributed by atoms with Crippen molar-refractivity contribution in [2.75, 3.05) is 5.73 Å². The lowest BCUT2D eigenvalue weighted by molar-refractivity contribution is 0.282. The third kappa shape index (κ3) is 1.52. The Morgan fingerprint density at radius 3 is 2.73 bits per heavy atom. The van der Waals surface area contributed by atoms with Gasteiger partial charge >= 0.3 is 0 Å². The predicted molar refractivity (Wildman–Crippen MR) is 42.1 cm³/mol. The van der Waals surface area contributed by atoms with Crippen LogP contribution in [-0.4, -0.2) is 13.0 Å². The van der Waals surface area contributed by atoms with E-state index in [0.717, 1.165) is 6.07 Å². The lowest BCUT2D eigenvalue weighted by atomic mass is 9.93. The summed E-state index contributed by atoms with van der Waals surface area (Å²) in [5, 5.41) is 8.67. The van der Waals surface area contributed by atoms with E-state index in [-0.39, 0.29) is 17.8 Å². The van der Waals surface area contributed by atoms with E-state index in [4.69, 9.17) is 18.7 Å². The van der Waals surface area contributed by atoms with Crippen LogP contribution in [0.5, 0.6) is 0 Å². The van der Waals surface area contributed by atoms with Gasteiger partial charge in [0, 0.05) is 5.56 Å². The molecule has 11 heavy (non-hydrogen) atoms. The van der Waals surface area contributed by atoms with Crippen molar-refractivity contribution in [2.24, 2.45) is 0 Å². The summed E-state index contributed by atoms with van der Waals surface area (Å²) >= 11 is 0. The topological polar surface area (TPSA) is 46.2 Å². The zero-order chi connectivity index (χ0) is 8.43. The van der Waals surface area contributed by atoms with Crippen molar-refractivity contribution in [3.8, 4) is 0 Å².